The Labute approximate surface area is 117 Å². The lowest BCUT2D eigenvalue weighted by atomic mass is 10.2. The van der Waals surface area contributed by atoms with Crippen LogP contribution in [0.4, 0.5) is 5.69 Å². The maximum atomic E-state index is 11.8. The van der Waals surface area contributed by atoms with E-state index in [1.807, 2.05) is 0 Å². The first-order valence-electron chi connectivity index (χ1n) is 5.62. The number of carbonyl (C=O) groups excluding carboxylic acids is 1. The van der Waals surface area contributed by atoms with Crippen molar-refractivity contribution in [3.05, 3.63) is 29.8 Å². The van der Waals surface area contributed by atoms with Gasteiger partial charge in [-0.1, -0.05) is 17.7 Å². The van der Waals surface area contributed by atoms with Crippen LogP contribution >= 0.6 is 11.6 Å². The van der Waals surface area contributed by atoms with E-state index in [2.05, 4.69) is 11.9 Å². The van der Waals surface area contributed by atoms with E-state index in [-0.39, 0.29) is 5.91 Å². The largest absolute Gasteiger partial charge is 0.493 e. The van der Waals surface area contributed by atoms with Crippen molar-refractivity contribution in [1.29, 1.82) is 0 Å². The van der Waals surface area contributed by atoms with E-state index in [0.29, 0.717) is 28.6 Å². The summed E-state index contributed by atoms with van der Waals surface area (Å²) in [6, 6.07) is 2.48. The van der Waals surface area contributed by atoms with Crippen molar-refractivity contribution in [2.24, 2.45) is 5.73 Å². The first-order chi connectivity index (χ1) is 9.03. The molecule has 1 unspecified atom stereocenters. The third-order valence-electron chi connectivity index (χ3n) is 2.49. The van der Waals surface area contributed by atoms with Crippen LogP contribution in [-0.4, -0.2) is 26.2 Å². The third-order valence-corrected chi connectivity index (χ3v) is 2.80. The molecule has 0 spiro atoms. The summed E-state index contributed by atoms with van der Waals surface area (Å²) in [4.78, 5) is 11.8. The van der Waals surface area contributed by atoms with Crippen LogP contribution in [-0.2, 0) is 4.79 Å². The molecule has 0 aliphatic rings. The van der Waals surface area contributed by atoms with Gasteiger partial charge in [0.05, 0.1) is 31.0 Å². The number of benzene rings is 1. The van der Waals surface area contributed by atoms with Gasteiger partial charge in [-0.15, -0.1) is 6.58 Å². The Morgan fingerprint density at radius 2 is 2.05 bits per heavy atom. The van der Waals surface area contributed by atoms with Gasteiger partial charge < -0.3 is 20.5 Å². The number of hydrogen-bond donors (Lipinski definition) is 2. The van der Waals surface area contributed by atoms with Gasteiger partial charge in [0.25, 0.3) is 0 Å². The van der Waals surface area contributed by atoms with Crippen LogP contribution in [0, 0.1) is 0 Å². The fourth-order valence-corrected chi connectivity index (χ4v) is 1.66. The molecule has 0 fully saturated rings. The van der Waals surface area contributed by atoms with Crippen molar-refractivity contribution in [2.75, 3.05) is 19.5 Å². The zero-order valence-corrected chi connectivity index (χ0v) is 11.7. The SMILES string of the molecule is C=CCC(N)C(=O)Nc1cc(OC)c(OC)cc1Cl. The monoisotopic (exact) mass is 284 g/mol. The molecule has 1 aromatic carbocycles. The van der Waals surface area contributed by atoms with Gasteiger partial charge in [0.1, 0.15) is 0 Å². The molecule has 0 aromatic heterocycles. The quantitative estimate of drug-likeness (QED) is 0.786. The number of nitrogens with two attached hydrogens (primary N) is 1. The van der Waals surface area contributed by atoms with E-state index < -0.39 is 6.04 Å². The molecule has 0 aliphatic heterocycles. The number of carbonyl (C=O) groups is 1. The first-order valence-corrected chi connectivity index (χ1v) is 6.00. The average molecular weight is 285 g/mol. The van der Waals surface area contributed by atoms with Crippen molar-refractivity contribution in [2.45, 2.75) is 12.5 Å². The zero-order chi connectivity index (χ0) is 14.4. The number of amides is 1. The Hall–Kier alpha value is -1.72. The van der Waals surface area contributed by atoms with Crippen molar-refractivity contribution < 1.29 is 14.3 Å². The van der Waals surface area contributed by atoms with Crippen LogP contribution in [0.25, 0.3) is 0 Å². The van der Waals surface area contributed by atoms with E-state index in [1.165, 1.54) is 14.2 Å². The Morgan fingerprint density at radius 1 is 1.47 bits per heavy atom. The number of methoxy groups -OCH3 is 2. The molecule has 0 aliphatic carbocycles. The highest BCUT2D eigenvalue weighted by atomic mass is 35.5. The van der Waals surface area contributed by atoms with Crippen molar-refractivity contribution >= 4 is 23.2 Å². The molecule has 1 aromatic rings. The standard InChI is InChI=1S/C13H17ClN2O3/c1-4-5-9(15)13(17)16-10-7-12(19-3)11(18-2)6-8(10)14/h4,6-7,9H,1,5,15H2,2-3H3,(H,16,17). The van der Waals surface area contributed by atoms with Gasteiger partial charge in [0.15, 0.2) is 11.5 Å². The Balaban J connectivity index is 2.95. The molecule has 1 rings (SSSR count). The summed E-state index contributed by atoms with van der Waals surface area (Å²) >= 11 is 6.05. The number of anilines is 1. The van der Waals surface area contributed by atoms with E-state index in [4.69, 9.17) is 26.8 Å². The molecule has 0 heterocycles. The Morgan fingerprint density at radius 3 is 2.58 bits per heavy atom. The van der Waals surface area contributed by atoms with Crippen LogP contribution in [0.15, 0.2) is 24.8 Å². The van der Waals surface area contributed by atoms with Gasteiger partial charge in [-0.25, -0.2) is 0 Å². The molecule has 19 heavy (non-hydrogen) atoms. The topological polar surface area (TPSA) is 73.6 Å². The summed E-state index contributed by atoms with van der Waals surface area (Å²) in [6.45, 7) is 3.54. The molecule has 5 nitrogen and oxygen atoms in total. The minimum absolute atomic E-state index is 0.339. The highest BCUT2D eigenvalue weighted by Gasteiger charge is 2.16. The summed E-state index contributed by atoms with van der Waals surface area (Å²) in [5.74, 6) is 0.620. The van der Waals surface area contributed by atoms with Gasteiger partial charge in [0.2, 0.25) is 5.91 Å². The molecule has 1 amide bonds. The summed E-state index contributed by atoms with van der Waals surface area (Å²) in [5, 5.41) is 2.99. The van der Waals surface area contributed by atoms with Gasteiger partial charge in [-0.2, -0.15) is 0 Å². The van der Waals surface area contributed by atoms with E-state index in [1.54, 1.807) is 18.2 Å². The molecule has 3 N–H and O–H groups in total. The Bertz CT molecular complexity index is 477. The van der Waals surface area contributed by atoms with Crippen LogP contribution < -0.4 is 20.5 Å². The summed E-state index contributed by atoms with van der Waals surface area (Å²) < 4.78 is 10.2. The fourth-order valence-electron chi connectivity index (χ4n) is 1.46. The van der Waals surface area contributed by atoms with Gasteiger partial charge in [0, 0.05) is 12.1 Å². The molecule has 6 heteroatoms. The van der Waals surface area contributed by atoms with E-state index in [0.717, 1.165) is 0 Å². The smallest absolute Gasteiger partial charge is 0.241 e. The fraction of sp³-hybridized carbons (Fsp3) is 0.308. The lowest BCUT2D eigenvalue weighted by Crippen LogP contribution is -2.35. The number of rotatable bonds is 6. The normalized spacial score (nSPS) is 11.6. The highest BCUT2D eigenvalue weighted by molar-refractivity contribution is 6.34. The minimum atomic E-state index is -0.665. The molecule has 0 saturated heterocycles. The molecule has 1 atom stereocenters. The van der Waals surface area contributed by atoms with Gasteiger partial charge >= 0.3 is 0 Å². The maximum Gasteiger partial charge on any atom is 0.241 e. The predicted octanol–water partition coefficient (Wildman–Crippen LogP) is 2.20. The van der Waals surface area contributed by atoms with Crippen molar-refractivity contribution in [3.8, 4) is 11.5 Å². The van der Waals surface area contributed by atoms with Crippen LogP contribution in [0.3, 0.4) is 0 Å². The minimum Gasteiger partial charge on any atom is -0.493 e. The molecule has 0 saturated carbocycles. The molecular weight excluding hydrogens is 268 g/mol. The molecular formula is C13H17ClN2O3. The molecule has 104 valence electrons. The van der Waals surface area contributed by atoms with Crippen LogP contribution in [0.5, 0.6) is 11.5 Å². The lowest BCUT2D eigenvalue weighted by Gasteiger charge is -2.14. The number of halogens is 1. The summed E-state index contributed by atoms with van der Waals surface area (Å²) in [6.07, 6.45) is 1.97. The van der Waals surface area contributed by atoms with Gasteiger partial charge in [-0.3, -0.25) is 4.79 Å². The van der Waals surface area contributed by atoms with Crippen molar-refractivity contribution in [3.63, 3.8) is 0 Å². The van der Waals surface area contributed by atoms with Crippen LogP contribution in [0.2, 0.25) is 5.02 Å². The van der Waals surface area contributed by atoms with Crippen molar-refractivity contribution in [1.82, 2.24) is 0 Å². The number of hydrogen-bond acceptors (Lipinski definition) is 4. The van der Waals surface area contributed by atoms with Gasteiger partial charge in [-0.05, 0) is 6.42 Å². The predicted molar refractivity (Wildman–Crippen MR) is 76.0 cm³/mol. The second-order valence-electron chi connectivity index (χ2n) is 3.81. The van der Waals surface area contributed by atoms with E-state index in [9.17, 15) is 4.79 Å². The number of nitrogens with one attached hydrogen (secondary N) is 1. The summed E-state index contributed by atoms with van der Waals surface area (Å²) in [7, 11) is 3.01. The number of ether oxygens (including phenoxy) is 2. The summed E-state index contributed by atoms with van der Waals surface area (Å²) in [5.41, 5.74) is 6.09. The average Bonchev–Trinajstić information content (AvgIpc) is 2.40. The second-order valence-corrected chi connectivity index (χ2v) is 4.21. The molecule has 0 radical (unpaired) electrons. The Kier molecular flexibility index (Phi) is 5.66. The zero-order valence-electron chi connectivity index (χ0n) is 10.9. The van der Waals surface area contributed by atoms with E-state index >= 15 is 0 Å². The second kappa shape index (κ2) is 7.01. The van der Waals surface area contributed by atoms with Crippen LogP contribution in [0.1, 0.15) is 6.42 Å². The third kappa shape index (κ3) is 3.87. The molecule has 0 bridgehead atoms. The first kappa shape index (κ1) is 15.3. The maximum absolute atomic E-state index is 11.8. The lowest BCUT2D eigenvalue weighted by molar-refractivity contribution is -0.117. The highest BCUT2D eigenvalue weighted by Crippen LogP contribution is 2.36.